The van der Waals surface area contributed by atoms with Gasteiger partial charge in [0.1, 0.15) is 5.75 Å². The van der Waals surface area contributed by atoms with Crippen molar-refractivity contribution >= 4 is 43.9 Å². The van der Waals surface area contributed by atoms with Gasteiger partial charge in [-0.15, -0.1) is 0 Å². The summed E-state index contributed by atoms with van der Waals surface area (Å²) in [5, 5.41) is 9.62. The molecular weight excluding hydrogens is 348 g/mol. The van der Waals surface area contributed by atoms with E-state index in [1.807, 2.05) is 6.07 Å². The van der Waals surface area contributed by atoms with E-state index in [9.17, 15) is 5.11 Å². The molecule has 5 heteroatoms. The lowest BCUT2D eigenvalue weighted by atomic mass is 10.2. The van der Waals surface area contributed by atoms with Crippen molar-refractivity contribution in [3.8, 4) is 5.75 Å². The molecule has 2 rings (SSSR count). The number of phenols is 1. The molecular formula is C12H8Br2N2O. The van der Waals surface area contributed by atoms with Crippen LogP contribution in [0.1, 0.15) is 5.56 Å². The minimum atomic E-state index is 0.189. The van der Waals surface area contributed by atoms with Gasteiger partial charge in [0.25, 0.3) is 0 Å². The molecule has 1 aromatic heterocycles. The van der Waals surface area contributed by atoms with Crippen LogP contribution in [0.4, 0.5) is 5.82 Å². The van der Waals surface area contributed by atoms with Crippen molar-refractivity contribution in [2.24, 2.45) is 4.99 Å². The van der Waals surface area contributed by atoms with Gasteiger partial charge in [-0.3, -0.25) is 0 Å². The Hall–Kier alpha value is -1.20. The van der Waals surface area contributed by atoms with Gasteiger partial charge in [-0.05, 0) is 46.3 Å². The van der Waals surface area contributed by atoms with E-state index < -0.39 is 0 Å². The number of pyridine rings is 1. The second-order valence-electron chi connectivity index (χ2n) is 3.30. The highest BCUT2D eigenvalue weighted by molar-refractivity contribution is 9.10. The van der Waals surface area contributed by atoms with E-state index in [-0.39, 0.29) is 5.75 Å². The lowest BCUT2D eigenvalue weighted by Crippen LogP contribution is -1.83. The molecule has 0 aliphatic heterocycles. The first-order valence-corrected chi connectivity index (χ1v) is 6.38. The number of aromatic nitrogens is 1. The molecule has 0 bridgehead atoms. The van der Waals surface area contributed by atoms with Crippen molar-refractivity contribution < 1.29 is 5.11 Å². The van der Waals surface area contributed by atoms with Crippen molar-refractivity contribution in [3.63, 3.8) is 0 Å². The van der Waals surface area contributed by atoms with Gasteiger partial charge in [0.15, 0.2) is 5.82 Å². The van der Waals surface area contributed by atoms with Crippen LogP contribution >= 0.6 is 31.9 Å². The highest BCUT2D eigenvalue weighted by Gasteiger charge is 1.98. The van der Waals surface area contributed by atoms with Crippen LogP contribution in [0.2, 0.25) is 0 Å². The summed E-state index contributed by atoms with van der Waals surface area (Å²) >= 11 is 6.64. The third-order valence-corrected chi connectivity index (χ3v) is 3.00. The standard InChI is InChI=1S/C12H8Br2N2O/c13-9-1-3-11(17)8(5-9)6-15-12-4-2-10(14)7-16-12/h1-7,17H. The maximum absolute atomic E-state index is 9.62. The van der Waals surface area contributed by atoms with Crippen LogP contribution in [0.5, 0.6) is 5.75 Å². The fourth-order valence-electron chi connectivity index (χ4n) is 1.21. The zero-order chi connectivity index (χ0) is 12.3. The molecule has 1 N–H and O–H groups in total. The highest BCUT2D eigenvalue weighted by Crippen LogP contribution is 2.21. The summed E-state index contributed by atoms with van der Waals surface area (Å²) in [5.41, 5.74) is 0.643. The fraction of sp³-hybridized carbons (Fsp3) is 0. The molecule has 0 radical (unpaired) electrons. The monoisotopic (exact) mass is 354 g/mol. The summed E-state index contributed by atoms with van der Waals surface area (Å²) in [6, 6.07) is 8.82. The number of hydrogen-bond donors (Lipinski definition) is 1. The number of aromatic hydroxyl groups is 1. The van der Waals surface area contributed by atoms with Crippen molar-refractivity contribution in [2.45, 2.75) is 0 Å². The number of aliphatic imine (C=N–C) groups is 1. The fourth-order valence-corrected chi connectivity index (χ4v) is 1.82. The molecule has 2 aromatic rings. The molecule has 0 spiro atoms. The molecule has 3 nitrogen and oxygen atoms in total. The minimum Gasteiger partial charge on any atom is -0.507 e. The zero-order valence-electron chi connectivity index (χ0n) is 8.64. The second-order valence-corrected chi connectivity index (χ2v) is 5.13. The summed E-state index contributed by atoms with van der Waals surface area (Å²) in [5.74, 6) is 0.779. The van der Waals surface area contributed by atoms with Crippen LogP contribution < -0.4 is 0 Å². The van der Waals surface area contributed by atoms with E-state index in [0.29, 0.717) is 11.4 Å². The van der Waals surface area contributed by atoms with Gasteiger partial charge in [-0.2, -0.15) is 0 Å². The molecule has 0 amide bonds. The minimum absolute atomic E-state index is 0.189. The summed E-state index contributed by atoms with van der Waals surface area (Å²) in [6.45, 7) is 0. The molecule has 0 saturated heterocycles. The molecule has 0 aliphatic carbocycles. The van der Waals surface area contributed by atoms with Crippen LogP contribution in [0.3, 0.4) is 0 Å². The largest absolute Gasteiger partial charge is 0.507 e. The Kier molecular flexibility index (Phi) is 3.91. The normalized spacial score (nSPS) is 10.9. The van der Waals surface area contributed by atoms with E-state index in [0.717, 1.165) is 8.95 Å². The topological polar surface area (TPSA) is 45.5 Å². The number of rotatable bonds is 2. The maximum atomic E-state index is 9.62. The van der Waals surface area contributed by atoms with E-state index in [1.54, 1.807) is 36.7 Å². The van der Waals surface area contributed by atoms with Gasteiger partial charge < -0.3 is 5.11 Å². The molecule has 86 valence electrons. The van der Waals surface area contributed by atoms with E-state index in [4.69, 9.17) is 0 Å². The molecule has 0 aliphatic rings. The third kappa shape index (κ3) is 3.38. The van der Waals surface area contributed by atoms with Gasteiger partial charge in [-0.1, -0.05) is 15.9 Å². The summed E-state index contributed by atoms with van der Waals surface area (Å²) in [6.07, 6.45) is 3.25. The van der Waals surface area contributed by atoms with Crippen LogP contribution in [0, 0.1) is 0 Å². The lowest BCUT2D eigenvalue weighted by Gasteiger charge is -1.99. The van der Waals surface area contributed by atoms with Gasteiger partial charge in [0.2, 0.25) is 0 Å². The molecule has 0 atom stereocenters. The average molecular weight is 356 g/mol. The zero-order valence-corrected chi connectivity index (χ0v) is 11.8. The Morgan fingerprint density at radius 1 is 1.12 bits per heavy atom. The number of benzene rings is 1. The Balaban J connectivity index is 2.25. The second kappa shape index (κ2) is 5.42. The highest BCUT2D eigenvalue weighted by atomic mass is 79.9. The molecule has 17 heavy (non-hydrogen) atoms. The van der Waals surface area contributed by atoms with Gasteiger partial charge in [-0.25, -0.2) is 9.98 Å². The summed E-state index contributed by atoms with van der Waals surface area (Å²) < 4.78 is 1.79. The van der Waals surface area contributed by atoms with Gasteiger partial charge in [0.05, 0.1) is 0 Å². The van der Waals surface area contributed by atoms with Crippen LogP contribution in [-0.2, 0) is 0 Å². The maximum Gasteiger partial charge on any atom is 0.151 e. The predicted molar refractivity (Wildman–Crippen MR) is 75.0 cm³/mol. The van der Waals surface area contributed by atoms with Crippen LogP contribution in [0.25, 0.3) is 0 Å². The number of nitrogens with zero attached hydrogens (tertiary/aromatic N) is 2. The van der Waals surface area contributed by atoms with E-state index in [1.165, 1.54) is 0 Å². The van der Waals surface area contributed by atoms with Gasteiger partial charge in [0, 0.05) is 26.9 Å². The molecule has 1 heterocycles. The first-order chi connectivity index (χ1) is 8.15. The Labute approximate surface area is 115 Å². The SMILES string of the molecule is Oc1ccc(Br)cc1C=Nc1ccc(Br)cn1. The first kappa shape index (κ1) is 12.3. The van der Waals surface area contributed by atoms with Crippen molar-refractivity contribution in [1.29, 1.82) is 0 Å². The number of hydrogen-bond acceptors (Lipinski definition) is 3. The van der Waals surface area contributed by atoms with Crippen LogP contribution in [-0.4, -0.2) is 16.3 Å². The van der Waals surface area contributed by atoms with E-state index in [2.05, 4.69) is 41.8 Å². The lowest BCUT2D eigenvalue weighted by molar-refractivity contribution is 0.474. The number of phenolic OH excluding ortho intramolecular Hbond substituents is 1. The van der Waals surface area contributed by atoms with Crippen molar-refractivity contribution in [2.75, 3.05) is 0 Å². The molecule has 1 aromatic carbocycles. The first-order valence-electron chi connectivity index (χ1n) is 4.79. The molecule has 0 saturated carbocycles. The van der Waals surface area contributed by atoms with Crippen molar-refractivity contribution in [3.05, 3.63) is 51.0 Å². The number of halogens is 2. The Bertz CT molecular complexity index is 553. The van der Waals surface area contributed by atoms with E-state index >= 15 is 0 Å². The summed E-state index contributed by atoms with van der Waals surface area (Å²) in [7, 11) is 0. The molecule has 0 unspecified atom stereocenters. The molecule has 0 fully saturated rings. The third-order valence-electron chi connectivity index (χ3n) is 2.04. The van der Waals surface area contributed by atoms with Gasteiger partial charge >= 0.3 is 0 Å². The van der Waals surface area contributed by atoms with Crippen molar-refractivity contribution in [1.82, 2.24) is 4.98 Å². The summed E-state index contributed by atoms with van der Waals surface area (Å²) in [4.78, 5) is 8.29. The Morgan fingerprint density at radius 3 is 2.59 bits per heavy atom. The quantitative estimate of drug-likeness (QED) is 0.825. The smallest absolute Gasteiger partial charge is 0.151 e. The van der Waals surface area contributed by atoms with Crippen LogP contribution in [0.15, 0.2) is 50.5 Å². The average Bonchev–Trinajstić information content (AvgIpc) is 2.32. The predicted octanol–water partition coefficient (Wildman–Crippen LogP) is 4.06. The Morgan fingerprint density at radius 2 is 1.88 bits per heavy atom.